The predicted octanol–water partition coefficient (Wildman–Crippen LogP) is 11.5. The Morgan fingerprint density at radius 1 is 0.381 bits per heavy atom. The number of para-hydroxylation sites is 2. The van der Waals surface area contributed by atoms with E-state index in [1.807, 2.05) is 6.07 Å². The minimum atomic E-state index is 0.886. The first-order valence-corrected chi connectivity index (χ1v) is 14.3. The molecule has 198 valence electrons. The Bertz CT molecular complexity index is 2180. The van der Waals surface area contributed by atoms with Gasteiger partial charge in [-0.2, -0.15) is 0 Å². The van der Waals surface area contributed by atoms with Crippen LogP contribution in [0.5, 0.6) is 0 Å². The molecular weight excluding hydrogens is 510 g/mol. The molecule has 42 heavy (non-hydrogen) atoms. The average molecular weight is 538 g/mol. The van der Waals surface area contributed by atoms with Crippen molar-refractivity contribution in [2.75, 3.05) is 4.90 Å². The standard InChI is InChI=1S/C40H27NO/c1-3-12-28(13-4-1)29-22-24-30(25-23-29)31-15-11-18-34(26-31)41(33-16-5-2-6-17-33)39-35-19-8-7-14-32(35)27-37-36-20-9-10-21-38(36)42-40(37)39/h1-27H. The van der Waals surface area contributed by atoms with Crippen molar-refractivity contribution in [3.05, 3.63) is 164 Å². The first-order chi connectivity index (χ1) is 20.8. The lowest BCUT2D eigenvalue weighted by atomic mass is 9.99. The largest absolute Gasteiger partial charge is 0.454 e. The lowest BCUT2D eigenvalue weighted by Crippen LogP contribution is -2.11. The Hall–Kier alpha value is -5.60. The molecule has 0 aliphatic heterocycles. The second-order valence-corrected chi connectivity index (χ2v) is 10.6. The molecule has 0 fully saturated rings. The number of hydrogen-bond acceptors (Lipinski definition) is 2. The summed E-state index contributed by atoms with van der Waals surface area (Å²) in [5.41, 5.74) is 9.74. The van der Waals surface area contributed by atoms with Crippen molar-refractivity contribution in [3.8, 4) is 22.3 Å². The first-order valence-electron chi connectivity index (χ1n) is 14.3. The zero-order valence-corrected chi connectivity index (χ0v) is 22.9. The van der Waals surface area contributed by atoms with Crippen LogP contribution in [0.3, 0.4) is 0 Å². The fraction of sp³-hybridized carbons (Fsp3) is 0. The van der Waals surface area contributed by atoms with Gasteiger partial charge in [-0.15, -0.1) is 0 Å². The van der Waals surface area contributed by atoms with Gasteiger partial charge in [0.2, 0.25) is 0 Å². The van der Waals surface area contributed by atoms with Crippen LogP contribution in [0.4, 0.5) is 17.1 Å². The zero-order chi connectivity index (χ0) is 27.9. The molecule has 0 saturated heterocycles. The topological polar surface area (TPSA) is 16.4 Å². The highest BCUT2D eigenvalue weighted by atomic mass is 16.3. The van der Waals surface area contributed by atoms with E-state index >= 15 is 0 Å². The van der Waals surface area contributed by atoms with Gasteiger partial charge < -0.3 is 9.32 Å². The summed E-state index contributed by atoms with van der Waals surface area (Å²) in [6, 6.07) is 57.9. The van der Waals surface area contributed by atoms with Crippen LogP contribution in [0.15, 0.2) is 168 Å². The zero-order valence-electron chi connectivity index (χ0n) is 22.9. The first kappa shape index (κ1) is 24.2. The van der Waals surface area contributed by atoms with Crippen molar-refractivity contribution in [1.29, 1.82) is 0 Å². The Morgan fingerprint density at radius 2 is 0.952 bits per heavy atom. The third kappa shape index (κ3) is 4.13. The minimum absolute atomic E-state index is 0.886. The molecule has 0 radical (unpaired) electrons. The Morgan fingerprint density at radius 3 is 1.74 bits per heavy atom. The Labute approximate surface area is 244 Å². The SMILES string of the molecule is c1ccc(-c2ccc(-c3cccc(N(c4ccccc4)c4c5ccccc5cc5c4oc4ccccc45)c3)cc2)cc1. The lowest BCUT2D eigenvalue weighted by Gasteiger charge is -2.27. The van der Waals surface area contributed by atoms with Crippen molar-refractivity contribution in [1.82, 2.24) is 0 Å². The normalized spacial score (nSPS) is 11.3. The van der Waals surface area contributed by atoms with Gasteiger partial charge in [0, 0.05) is 27.5 Å². The number of anilines is 3. The highest BCUT2D eigenvalue weighted by Gasteiger charge is 2.22. The van der Waals surface area contributed by atoms with Crippen molar-refractivity contribution >= 4 is 49.8 Å². The molecule has 0 aliphatic carbocycles. The van der Waals surface area contributed by atoms with E-state index in [1.54, 1.807) is 0 Å². The molecule has 0 unspecified atom stereocenters. The van der Waals surface area contributed by atoms with Crippen LogP contribution < -0.4 is 4.90 Å². The van der Waals surface area contributed by atoms with E-state index in [4.69, 9.17) is 4.42 Å². The van der Waals surface area contributed by atoms with Crippen molar-refractivity contribution in [3.63, 3.8) is 0 Å². The molecule has 7 aromatic carbocycles. The van der Waals surface area contributed by atoms with E-state index in [9.17, 15) is 0 Å². The molecule has 1 aromatic heterocycles. The summed E-state index contributed by atoms with van der Waals surface area (Å²) in [5, 5.41) is 4.57. The van der Waals surface area contributed by atoms with Crippen molar-refractivity contribution in [2.45, 2.75) is 0 Å². The van der Waals surface area contributed by atoms with Gasteiger partial charge in [-0.3, -0.25) is 0 Å². The smallest absolute Gasteiger partial charge is 0.160 e. The summed E-state index contributed by atoms with van der Waals surface area (Å²) in [4.78, 5) is 2.34. The van der Waals surface area contributed by atoms with Gasteiger partial charge in [0.25, 0.3) is 0 Å². The van der Waals surface area contributed by atoms with Crippen molar-refractivity contribution < 1.29 is 4.42 Å². The minimum Gasteiger partial charge on any atom is -0.454 e. The second kappa shape index (κ2) is 10.1. The third-order valence-corrected chi connectivity index (χ3v) is 8.03. The molecule has 1 heterocycles. The number of benzene rings is 7. The van der Waals surface area contributed by atoms with Crippen LogP contribution in [-0.2, 0) is 0 Å². The molecule has 0 spiro atoms. The van der Waals surface area contributed by atoms with Gasteiger partial charge >= 0.3 is 0 Å². The summed E-state index contributed by atoms with van der Waals surface area (Å²) in [6.07, 6.45) is 0. The van der Waals surface area contributed by atoms with Gasteiger partial charge in [-0.25, -0.2) is 0 Å². The molecule has 8 rings (SSSR count). The summed E-state index contributed by atoms with van der Waals surface area (Å²) in [5.74, 6) is 0. The predicted molar refractivity (Wildman–Crippen MR) is 177 cm³/mol. The van der Waals surface area contributed by atoms with E-state index in [0.717, 1.165) is 50.0 Å². The Balaban J connectivity index is 1.34. The van der Waals surface area contributed by atoms with Crippen molar-refractivity contribution in [2.24, 2.45) is 0 Å². The van der Waals surface area contributed by atoms with Gasteiger partial charge in [-0.05, 0) is 64.0 Å². The van der Waals surface area contributed by atoms with Crippen LogP contribution in [0, 0.1) is 0 Å². The molecule has 0 bridgehead atoms. The second-order valence-electron chi connectivity index (χ2n) is 10.6. The summed E-state index contributed by atoms with van der Waals surface area (Å²) in [6.45, 7) is 0. The molecule has 0 amide bonds. The average Bonchev–Trinajstić information content (AvgIpc) is 3.44. The maximum atomic E-state index is 6.64. The van der Waals surface area contributed by atoms with Gasteiger partial charge in [-0.1, -0.05) is 127 Å². The third-order valence-electron chi connectivity index (χ3n) is 8.03. The molecular formula is C40H27NO. The van der Waals surface area contributed by atoms with Gasteiger partial charge in [0.1, 0.15) is 5.58 Å². The monoisotopic (exact) mass is 537 g/mol. The highest BCUT2D eigenvalue weighted by molar-refractivity contribution is 6.19. The van der Waals surface area contributed by atoms with Gasteiger partial charge in [0.15, 0.2) is 5.58 Å². The summed E-state index contributed by atoms with van der Waals surface area (Å²) >= 11 is 0. The van der Waals surface area contributed by atoms with Crippen LogP contribution >= 0.6 is 0 Å². The molecule has 0 saturated carbocycles. The van der Waals surface area contributed by atoms with E-state index in [-0.39, 0.29) is 0 Å². The molecule has 0 aliphatic rings. The van der Waals surface area contributed by atoms with E-state index in [0.29, 0.717) is 0 Å². The Kier molecular flexibility index (Phi) is 5.82. The maximum Gasteiger partial charge on any atom is 0.160 e. The fourth-order valence-electron chi connectivity index (χ4n) is 6.02. The molecule has 2 nitrogen and oxygen atoms in total. The highest BCUT2D eigenvalue weighted by Crippen LogP contribution is 2.46. The summed E-state index contributed by atoms with van der Waals surface area (Å²) in [7, 11) is 0. The van der Waals surface area contributed by atoms with Crippen LogP contribution in [0.2, 0.25) is 0 Å². The van der Waals surface area contributed by atoms with E-state index in [1.165, 1.54) is 22.1 Å². The number of rotatable bonds is 5. The van der Waals surface area contributed by atoms with Crippen LogP contribution in [0.1, 0.15) is 0 Å². The van der Waals surface area contributed by atoms with Crippen LogP contribution in [0.25, 0.3) is 55.0 Å². The molecule has 8 aromatic rings. The molecule has 0 N–H and O–H groups in total. The number of fused-ring (bicyclic) bond motifs is 4. The molecule has 0 atom stereocenters. The van der Waals surface area contributed by atoms with Crippen LogP contribution in [-0.4, -0.2) is 0 Å². The lowest BCUT2D eigenvalue weighted by molar-refractivity contribution is 0.669. The van der Waals surface area contributed by atoms with E-state index in [2.05, 4.69) is 163 Å². The number of furan rings is 1. The number of hydrogen-bond donors (Lipinski definition) is 0. The summed E-state index contributed by atoms with van der Waals surface area (Å²) < 4.78 is 6.64. The fourth-order valence-corrected chi connectivity index (χ4v) is 6.02. The quantitative estimate of drug-likeness (QED) is 0.217. The van der Waals surface area contributed by atoms with E-state index < -0.39 is 0 Å². The van der Waals surface area contributed by atoms with Gasteiger partial charge in [0.05, 0.1) is 5.69 Å². The molecule has 2 heteroatoms. The number of nitrogens with zero attached hydrogens (tertiary/aromatic N) is 1. The maximum absolute atomic E-state index is 6.64.